The van der Waals surface area contributed by atoms with Gasteiger partial charge in [0.15, 0.2) is 11.5 Å². The SMILES string of the molecule is CCN1C[C@H]2CC(C1=O)N2c1nc(N2CC3C[C@H]2C(=O)N(C)C[C@H](OC)Cn2c(C)nc4cc(F)cc(c42)-c2cccc(n2)N3)c2cnn(-c3ccc(F)cc3F)c2n1. The topological polar surface area (TPSA) is 143 Å². The van der Waals surface area contributed by atoms with E-state index in [1.807, 2.05) is 51.3 Å². The van der Waals surface area contributed by atoms with Crippen molar-refractivity contribution in [1.82, 2.24) is 44.1 Å². The second-order valence-corrected chi connectivity index (χ2v) is 15.7. The third-order valence-electron chi connectivity index (χ3n) is 12.2. The molecule has 4 aromatic heterocycles. The standard InChI is InChI=1S/C41H41F3N12O3/c1-5-52-18-25-15-34(40(52)58)55(25)41-49-37(28-16-45-56(38(28)50-41)32-10-9-22(42)12-29(32)44)54-17-24-14-33(54)39(57)51(3)19-26(59-4)20-53-21(2)46-31-13-23(43)11-27(36(31)53)30-7-6-8-35(47-24)48-30/h6-13,16,24-26,33-34H,5,14-15,17-20H2,1-4H3,(H,47,48)/t24?,25-,26+,33+,34?/m1/s1. The highest BCUT2D eigenvalue weighted by Gasteiger charge is 2.52. The molecule has 2 aromatic carbocycles. The number of benzene rings is 2. The van der Waals surface area contributed by atoms with E-state index in [-0.39, 0.29) is 54.3 Å². The van der Waals surface area contributed by atoms with Crippen molar-refractivity contribution in [2.24, 2.45) is 0 Å². The number of carbonyl (C=O) groups is 2. The summed E-state index contributed by atoms with van der Waals surface area (Å²) in [4.78, 5) is 55.2. The van der Waals surface area contributed by atoms with Crippen LogP contribution in [0.4, 0.5) is 30.8 Å². The maximum atomic E-state index is 15.4. The van der Waals surface area contributed by atoms with Crippen LogP contribution in [0.25, 0.3) is 39.0 Å². The van der Waals surface area contributed by atoms with Gasteiger partial charge in [-0.1, -0.05) is 6.07 Å². The molecule has 4 fully saturated rings. The zero-order chi connectivity index (χ0) is 40.9. The van der Waals surface area contributed by atoms with Gasteiger partial charge in [0.1, 0.15) is 46.9 Å². The number of likely N-dealkylation sites (N-methyl/N-ethyl adjacent to an activating group) is 2. The molecule has 0 spiro atoms. The number of fused-ring (bicyclic) bond motifs is 8. The number of carbonyl (C=O) groups excluding carboxylic acids is 2. The predicted molar refractivity (Wildman–Crippen MR) is 213 cm³/mol. The smallest absolute Gasteiger partial charge is 0.245 e. The molecule has 0 radical (unpaired) electrons. The van der Waals surface area contributed by atoms with E-state index in [4.69, 9.17) is 19.7 Å². The lowest BCUT2D eigenvalue weighted by molar-refractivity contribution is -0.139. The van der Waals surface area contributed by atoms with Crippen molar-refractivity contribution in [1.29, 1.82) is 0 Å². The number of hydrogen-bond acceptors (Lipinski definition) is 11. The van der Waals surface area contributed by atoms with E-state index in [9.17, 15) is 14.0 Å². The molecule has 2 amide bonds. The lowest BCUT2D eigenvalue weighted by atomic mass is 9.87. The van der Waals surface area contributed by atoms with Gasteiger partial charge in [0, 0.05) is 64.1 Å². The number of rotatable bonds is 5. The minimum atomic E-state index is -0.834. The maximum absolute atomic E-state index is 15.4. The fourth-order valence-electron chi connectivity index (χ4n) is 9.28. The van der Waals surface area contributed by atoms with E-state index < -0.39 is 35.6 Å². The van der Waals surface area contributed by atoms with Crippen LogP contribution in [0, 0.1) is 24.4 Å². The van der Waals surface area contributed by atoms with Crippen molar-refractivity contribution in [3.8, 4) is 16.9 Å². The molecule has 59 heavy (non-hydrogen) atoms. The Kier molecular flexibility index (Phi) is 8.73. The number of aryl methyl sites for hydroxylation is 1. The number of hydrogen-bond donors (Lipinski definition) is 1. The second kappa shape index (κ2) is 13.9. The zero-order valence-electron chi connectivity index (χ0n) is 32.8. The van der Waals surface area contributed by atoms with Gasteiger partial charge in [-0.15, -0.1) is 0 Å². The molecule has 0 saturated carbocycles. The summed E-state index contributed by atoms with van der Waals surface area (Å²) in [5.41, 5.74) is 2.54. The van der Waals surface area contributed by atoms with Crippen LogP contribution in [0.3, 0.4) is 0 Å². The Hall–Kier alpha value is -6.30. The van der Waals surface area contributed by atoms with Crippen molar-refractivity contribution in [2.75, 3.05) is 55.5 Å². The number of halogens is 3. The molecule has 18 heteroatoms. The molecule has 0 aliphatic carbocycles. The Morgan fingerprint density at radius 3 is 2.53 bits per heavy atom. The molecule has 15 nitrogen and oxygen atoms in total. The van der Waals surface area contributed by atoms with E-state index in [0.717, 1.165) is 12.1 Å². The number of piperazine rings is 1. The number of ether oxygens (including phenoxy) is 1. The van der Waals surface area contributed by atoms with Gasteiger partial charge < -0.3 is 34.2 Å². The highest BCUT2D eigenvalue weighted by Crippen LogP contribution is 2.40. The molecular formula is C41H41F3N12O3. The first-order valence-corrected chi connectivity index (χ1v) is 19.7. The molecule has 5 aliphatic heterocycles. The predicted octanol–water partition coefficient (Wildman–Crippen LogP) is 4.31. The molecule has 304 valence electrons. The summed E-state index contributed by atoms with van der Waals surface area (Å²) in [6, 6.07) is 10.0. The average molecular weight is 807 g/mol. The maximum Gasteiger partial charge on any atom is 0.245 e. The summed E-state index contributed by atoms with van der Waals surface area (Å²) in [6.45, 7) is 5.72. The number of methoxy groups -OCH3 is 1. The number of aromatic nitrogens is 7. The molecule has 11 rings (SSSR count). The molecule has 5 aliphatic rings. The summed E-state index contributed by atoms with van der Waals surface area (Å²) >= 11 is 0. The number of anilines is 3. The van der Waals surface area contributed by atoms with Gasteiger partial charge in [0.05, 0.1) is 47.0 Å². The normalized spacial score (nSPS) is 23.1. The summed E-state index contributed by atoms with van der Waals surface area (Å²) < 4.78 is 53.9. The van der Waals surface area contributed by atoms with Crippen LogP contribution in [0.1, 0.15) is 25.6 Å². The first-order valence-electron chi connectivity index (χ1n) is 19.7. The largest absolute Gasteiger partial charge is 0.378 e. The second-order valence-electron chi connectivity index (χ2n) is 15.7. The van der Waals surface area contributed by atoms with Gasteiger partial charge in [-0.2, -0.15) is 15.1 Å². The van der Waals surface area contributed by atoms with E-state index >= 15 is 8.78 Å². The number of nitrogens with zero attached hydrogens (tertiary/aromatic N) is 11. The lowest BCUT2D eigenvalue weighted by Gasteiger charge is -2.55. The van der Waals surface area contributed by atoms with Crippen LogP contribution in [-0.2, 0) is 20.9 Å². The Labute approximate surface area is 336 Å². The minimum absolute atomic E-state index is 0.0211. The van der Waals surface area contributed by atoms with Gasteiger partial charge in [-0.05, 0) is 57.0 Å². The molecule has 2 unspecified atom stereocenters. The van der Waals surface area contributed by atoms with Crippen molar-refractivity contribution in [3.05, 3.63) is 78.0 Å². The Bertz CT molecular complexity index is 2690. The van der Waals surface area contributed by atoms with Crippen LogP contribution in [0.2, 0.25) is 0 Å². The van der Waals surface area contributed by atoms with Gasteiger partial charge >= 0.3 is 0 Å². The average Bonchev–Trinajstić information content (AvgIpc) is 3.91. The number of nitrogens with one attached hydrogen (secondary N) is 1. The van der Waals surface area contributed by atoms with Gasteiger partial charge in [-0.25, -0.2) is 27.8 Å². The molecule has 6 bridgehead atoms. The molecular weight excluding hydrogens is 766 g/mol. The van der Waals surface area contributed by atoms with Crippen LogP contribution < -0.4 is 15.1 Å². The summed E-state index contributed by atoms with van der Waals surface area (Å²) in [5.74, 6) is -0.404. The molecule has 1 N–H and O–H groups in total. The van der Waals surface area contributed by atoms with Crippen LogP contribution in [0.15, 0.2) is 54.7 Å². The number of amides is 2. The van der Waals surface area contributed by atoms with Gasteiger partial charge in [-0.3, -0.25) is 9.59 Å². The first kappa shape index (κ1) is 37.0. The summed E-state index contributed by atoms with van der Waals surface area (Å²) in [5, 5.41) is 8.50. The van der Waals surface area contributed by atoms with Crippen molar-refractivity contribution >= 4 is 51.5 Å². The fraction of sp³-hybridized carbons (Fsp3) is 0.390. The molecule has 4 saturated heterocycles. The Morgan fingerprint density at radius 2 is 1.75 bits per heavy atom. The Morgan fingerprint density at radius 1 is 0.898 bits per heavy atom. The quantitative estimate of drug-likeness (QED) is 0.267. The lowest BCUT2D eigenvalue weighted by Crippen LogP contribution is -2.72. The molecule has 9 heterocycles. The monoisotopic (exact) mass is 806 g/mol. The zero-order valence-corrected chi connectivity index (χ0v) is 32.8. The van der Waals surface area contributed by atoms with Crippen LogP contribution in [-0.4, -0.2) is 127 Å². The number of pyridine rings is 1. The van der Waals surface area contributed by atoms with Gasteiger partial charge in [0.2, 0.25) is 17.8 Å². The van der Waals surface area contributed by atoms with E-state index in [1.54, 1.807) is 19.1 Å². The number of imidazole rings is 1. The summed E-state index contributed by atoms with van der Waals surface area (Å²) in [7, 11) is 3.33. The third-order valence-corrected chi connectivity index (χ3v) is 12.2. The highest BCUT2D eigenvalue weighted by atomic mass is 19.1. The highest BCUT2D eigenvalue weighted by molar-refractivity contribution is 5.95. The van der Waals surface area contributed by atoms with Crippen LogP contribution >= 0.6 is 0 Å². The number of piperidine rings is 1. The van der Waals surface area contributed by atoms with E-state index in [2.05, 4.69) is 15.4 Å². The minimum Gasteiger partial charge on any atom is -0.378 e. The van der Waals surface area contributed by atoms with Crippen molar-refractivity contribution in [2.45, 2.75) is 63.5 Å². The van der Waals surface area contributed by atoms with Crippen LogP contribution in [0.5, 0.6) is 0 Å². The first-order chi connectivity index (χ1) is 28.5. The van der Waals surface area contributed by atoms with Gasteiger partial charge in [0.25, 0.3) is 0 Å². The van der Waals surface area contributed by atoms with Crippen molar-refractivity contribution < 1.29 is 27.5 Å². The third kappa shape index (κ3) is 6.02. The summed E-state index contributed by atoms with van der Waals surface area (Å²) in [6.07, 6.45) is 2.04. The molecule has 6 aromatic rings. The van der Waals surface area contributed by atoms with E-state index in [0.29, 0.717) is 77.6 Å². The Balaban J connectivity index is 1.11. The molecule has 5 atom stereocenters. The van der Waals surface area contributed by atoms with E-state index in [1.165, 1.54) is 29.1 Å². The fourth-order valence-corrected chi connectivity index (χ4v) is 9.28. The van der Waals surface area contributed by atoms with Crippen molar-refractivity contribution in [3.63, 3.8) is 0 Å².